The molecule has 35 heavy (non-hydrogen) atoms. The first-order valence-corrected chi connectivity index (χ1v) is 10.4. The third-order valence-electron chi connectivity index (χ3n) is 4.71. The van der Waals surface area contributed by atoms with Crippen LogP contribution in [0.2, 0.25) is 5.02 Å². The summed E-state index contributed by atoms with van der Waals surface area (Å²) in [4.78, 5) is 20.5. The van der Waals surface area contributed by atoms with E-state index in [0.717, 1.165) is 4.52 Å². The molecule has 0 aliphatic carbocycles. The highest BCUT2D eigenvalue weighted by atomic mass is 35.5. The number of alkyl halides is 4. The van der Waals surface area contributed by atoms with Crippen LogP contribution in [-0.2, 0) is 4.79 Å². The predicted octanol–water partition coefficient (Wildman–Crippen LogP) is 2.89. The normalized spacial score (nSPS) is 12.4. The molecule has 0 saturated carbocycles. The number of amides is 1. The van der Waals surface area contributed by atoms with E-state index in [1.165, 1.54) is 6.20 Å². The second-order valence-corrected chi connectivity index (χ2v) is 7.51. The van der Waals surface area contributed by atoms with E-state index in [1.54, 1.807) is 37.3 Å². The Labute approximate surface area is 201 Å². The number of nitriles is 1. The van der Waals surface area contributed by atoms with Gasteiger partial charge in [-0.05, 0) is 36.9 Å². The fourth-order valence-corrected chi connectivity index (χ4v) is 3.36. The molecule has 1 aromatic carbocycles. The standard InChI is InChI=1S/C22H18ClF4N7O/c1-3-29-16-7-13(23)5-4-12(16)6-14-11(2)32-22-15(8-28)19(20(26)27)33-34(22)21(14)31-10-18(35)30-9-17(24)25/h3-7,17,20,29H,1,9-10H2,2H3,(H,30,35)/b14-6+,31-21?. The van der Waals surface area contributed by atoms with Crippen molar-refractivity contribution in [1.82, 2.24) is 19.9 Å². The number of halogens is 5. The molecule has 0 radical (unpaired) electrons. The number of nitrogens with one attached hydrogen (secondary N) is 2. The topological polar surface area (TPSA) is 107 Å². The molecule has 0 bridgehead atoms. The van der Waals surface area contributed by atoms with Crippen molar-refractivity contribution in [3.8, 4) is 6.07 Å². The molecule has 0 spiro atoms. The average molecular weight is 508 g/mol. The van der Waals surface area contributed by atoms with Gasteiger partial charge in [0.05, 0.1) is 12.2 Å². The number of carbonyl (C=O) groups excluding carboxylic acids is 1. The lowest BCUT2D eigenvalue weighted by atomic mass is 10.1. The average Bonchev–Trinajstić information content (AvgIpc) is 3.17. The van der Waals surface area contributed by atoms with Crippen LogP contribution >= 0.6 is 11.6 Å². The Morgan fingerprint density at radius 2 is 2.11 bits per heavy atom. The summed E-state index contributed by atoms with van der Waals surface area (Å²) in [5.74, 6) is -0.818. The second kappa shape index (κ2) is 11.0. The fourth-order valence-electron chi connectivity index (χ4n) is 3.19. The highest BCUT2D eigenvalue weighted by Gasteiger charge is 2.23. The van der Waals surface area contributed by atoms with Crippen molar-refractivity contribution in [2.24, 2.45) is 4.99 Å². The van der Waals surface area contributed by atoms with Crippen LogP contribution in [0.1, 0.15) is 28.9 Å². The Bertz CT molecular complexity index is 1450. The van der Waals surface area contributed by atoms with Crippen LogP contribution in [0.25, 0.3) is 11.7 Å². The molecule has 2 N–H and O–H groups in total. The molecule has 0 aliphatic heterocycles. The zero-order chi connectivity index (χ0) is 25.7. The number of benzene rings is 1. The van der Waals surface area contributed by atoms with E-state index in [-0.39, 0.29) is 11.1 Å². The molecule has 0 fully saturated rings. The van der Waals surface area contributed by atoms with Gasteiger partial charge in [-0.25, -0.2) is 22.5 Å². The van der Waals surface area contributed by atoms with Gasteiger partial charge < -0.3 is 10.6 Å². The summed E-state index contributed by atoms with van der Waals surface area (Å²) in [6, 6.07) is 6.59. The number of hydrogen-bond donors (Lipinski definition) is 2. The van der Waals surface area contributed by atoms with Crippen LogP contribution in [0.4, 0.5) is 23.2 Å². The lowest BCUT2D eigenvalue weighted by Gasteiger charge is -2.07. The summed E-state index contributed by atoms with van der Waals surface area (Å²) in [6.07, 6.45) is -2.79. The molecule has 13 heteroatoms. The summed E-state index contributed by atoms with van der Waals surface area (Å²) < 4.78 is 52.9. The van der Waals surface area contributed by atoms with Crippen molar-refractivity contribution in [3.05, 3.63) is 69.2 Å². The number of aromatic nitrogens is 3. The second-order valence-electron chi connectivity index (χ2n) is 7.08. The lowest BCUT2D eigenvalue weighted by molar-refractivity contribution is -0.120. The number of rotatable bonds is 8. The van der Waals surface area contributed by atoms with Crippen LogP contribution < -0.4 is 21.3 Å². The highest BCUT2D eigenvalue weighted by Crippen LogP contribution is 2.23. The summed E-state index contributed by atoms with van der Waals surface area (Å²) >= 11 is 6.07. The number of anilines is 1. The van der Waals surface area contributed by atoms with Crippen LogP contribution in [0.5, 0.6) is 0 Å². The quantitative estimate of drug-likeness (QED) is 0.456. The fraction of sp³-hybridized carbons (Fsp3) is 0.227. The van der Waals surface area contributed by atoms with Gasteiger partial charge in [0.25, 0.3) is 12.9 Å². The van der Waals surface area contributed by atoms with Gasteiger partial charge in [0.2, 0.25) is 5.91 Å². The van der Waals surface area contributed by atoms with Crippen molar-refractivity contribution in [1.29, 1.82) is 5.26 Å². The zero-order valence-corrected chi connectivity index (χ0v) is 19.0. The minimum absolute atomic E-state index is 0.0670. The van der Waals surface area contributed by atoms with Crippen LogP contribution in [0.15, 0.2) is 36.0 Å². The molecule has 2 aromatic heterocycles. The number of fused-ring (bicyclic) bond motifs is 1. The molecule has 2 heterocycles. The Morgan fingerprint density at radius 3 is 2.74 bits per heavy atom. The summed E-state index contributed by atoms with van der Waals surface area (Å²) in [7, 11) is 0. The number of aryl methyl sites for hydroxylation is 1. The van der Waals surface area contributed by atoms with Gasteiger partial charge in [-0.2, -0.15) is 14.9 Å². The van der Waals surface area contributed by atoms with E-state index in [9.17, 15) is 27.6 Å². The van der Waals surface area contributed by atoms with E-state index in [2.05, 4.69) is 27.0 Å². The SMILES string of the molecule is C=CNc1cc(Cl)ccc1/C=c1\c(C)nc2c(C#N)c(C(F)F)nn2c1=NCC(=O)NCC(F)F. The van der Waals surface area contributed by atoms with Crippen molar-refractivity contribution in [3.63, 3.8) is 0 Å². The predicted molar refractivity (Wildman–Crippen MR) is 121 cm³/mol. The lowest BCUT2D eigenvalue weighted by Crippen LogP contribution is -2.38. The first kappa shape index (κ1) is 25.6. The number of hydrogen-bond acceptors (Lipinski definition) is 6. The minimum Gasteiger partial charge on any atom is -0.362 e. The monoisotopic (exact) mass is 507 g/mol. The van der Waals surface area contributed by atoms with Crippen LogP contribution in [0, 0.1) is 18.3 Å². The van der Waals surface area contributed by atoms with Gasteiger partial charge in [0.1, 0.15) is 23.9 Å². The molecule has 0 unspecified atom stereocenters. The summed E-state index contributed by atoms with van der Waals surface area (Å²) in [5, 5.41) is 18.9. The Hall–Kier alpha value is -3.98. The molecule has 3 rings (SSSR count). The van der Waals surface area contributed by atoms with Crippen LogP contribution in [-0.4, -0.2) is 40.0 Å². The van der Waals surface area contributed by atoms with Gasteiger partial charge in [-0.15, -0.1) is 0 Å². The summed E-state index contributed by atoms with van der Waals surface area (Å²) in [5.41, 5.74) is -0.0457. The number of carbonyl (C=O) groups is 1. The van der Waals surface area contributed by atoms with Crippen molar-refractivity contribution < 1.29 is 22.4 Å². The maximum atomic E-state index is 13.5. The highest BCUT2D eigenvalue weighted by molar-refractivity contribution is 6.30. The minimum atomic E-state index is -3.07. The third-order valence-corrected chi connectivity index (χ3v) is 4.95. The van der Waals surface area contributed by atoms with Gasteiger partial charge in [0, 0.05) is 15.9 Å². The van der Waals surface area contributed by atoms with E-state index in [1.807, 2.05) is 5.32 Å². The maximum absolute atomic E-state index is 13.5. The number of nitrogens with zero attached hydrogens (tertiary/aromatic N) is 5. The van der Waals surface area contributed by atoms with Crippen molar-refractivity contribution in [2.45, 2.75) is 19.8 Å². The maximum Gasteiger partial charge on any atom is 0.283 e. The third kappa shape index (κ3) is 5.75. The Kier molecular flexibility index (Phi) is 8.03. The first-order valence-electron chi connectivity index (χ1n) is 10.0. The Morgan fingerprint density at radius 1 is 1.37 bits per heavy atom. The van der Waals surface area contributed by atoms with Crippen LogP contribution in [0.3, 0.4) is 0 Å². The van der Waals surface area contributed by atoms with Gasteiger partial charge in [0.15, 0.2) is 11.1 Å². The molecule has 1 amide bonds. The molecule has 182 valence electrons. The largest absolute Gasteiger partial charge is 0.362 e. The molecular weight excluding hydrogens is 490 g/mol. The molecule has 0 saturated heterocycles. The molecule has 0 aliphatic rings. The summed E-state index contributed by atoms with van der Waals surface area (Å²) in [6.45, 7) is 3.71. The molecule has 8 nitrogen and oxygen atoms in total. The van der Waals surface area contributed by atoms with Gasteiger partial charge in [-0.3, -0.25) is 9.79 Å². The zero-order valence-electron chi connectivity index (χ0n) is 18.2. The van der Waals surface area contributed by atoms with Gasteiger partial charge >= 0.3 is 0 Å². The van der Waals surface area contributed by atoms with Crippen molar-refractivity contribution >= 4 is 34.9 Å². The van der Waals surface area contributed by atoms with Crippen molar-refractivity contribution in [2.75, 3.05) is 18.4 Å². The Balaban J connectivity index is 2.34. The van der Waals surface area contributed by atoms with Gasteiger partial charge in [-0.1, -0.05) is 24.2 Å². The molecule has 0 atom stereocenters. The van der Waals surface area contributed by atoms with E-state index < -0.39 is 43.1 Å². The van der Waals surface area contributed by atoms with E-state index in [4.69, 9.17) is 11.6 Å². The molecular formula is C22H18ClF4N7O. The smallest absolute Gasteiger partial charge is 0.283 e. The van der Waals surface area contributed by atoms with E-state index in [0.29, 0.717) is 27.2 Å². The van der Waals surface area contributed by atoms with E-state index >= 15 is 0 Å². The molecule has 3 aromatic rings. The first-order chi connectivity index (χ1) is 16.7.